The smallest absolute Gasteiger partial charge is 0.492 e. The third-order valence-corrected chi connectivity index (χ3v) is 9.40. The van der Waals surface area contributed by atoms with E-state index in [4.69, 9.17) is 0 Å². The van der Waals surface area contributed by atoms with E-state index >= 15 is 0 Å². The second-order valence-electron chi connectivity index (χ2n) is 12.8. The Kier molecular flexibility index (Phi) is 14.5. The third-order valence-electron chi connectivity index (χ3n) is 8.38. The molecule has 0 radical (unpaired) electrons. The predicted octanol–water partition coefficient (Wildman–Crippen LogP) is 3.76. The van der Waals surface area contributed by atoms with Crippen LogP contribution in [0.2, 0.25) is 6.04 Å². The fourth-order valence-corrected chi connectivity index (χ4v) is 6.59. The third kappa shape index (κ3) is 13.3. The van der Waals surface area contributed by atoms with Crippen LogP contribution in [0.4, 0.5) is 0 Å². The van der Waals surface area contributed by atoms with Crippen LogP contribution in [-0.2, 0) is 45.7 Å². The first kappa shape index (κ1) is 38.3. The lowest BCUT2D eigenvalue weighted by Crippen LogP contribution is -2.34. The zero-order valence-electron chi connectivity index (χ0n) is 29.2. The molecule has 13 heteroatoms. The Labute approximate surface area is 305 Å². The minimum atomic E-state index is -4.14. The van der Waals surface area contributed by atoms with E-state index in [0.29, 0.717) is 52.1 Å². The summed E-state index contributed by atoms with van der Waals surface area (Å²) in [4.78, 5) is 54.3. The second-order valence-corrected chi connectivity index (χ2v) is 14.9. The molecule has 4 heterocycles. The van der Waals surface area contributed by atoms with Gasteiger partial charge >= 0.3 is 8.80 Å². The average molecular weight is 721 g/mol. The van der Waals surface area contributed by atoms with Crippen LogP contribution in [0.15, 0.2) is 115 Å². The number of aryl methyl sites for hydroxylation is 1. The van der Waals surface area contributed by atoms with Crippen molar-refractivity contribution in [3.63, 3.8) is 0 Å². The van der Waals surface area contributed by atoms with E-state index in [9.17, 15) is 24.6 Å². The average Bonchev–Trinajstić information content (AvgIpc) is 3.13. The standard InChI is InChI=1S/C39H47N7O5Si/c47-38(44-21-10-22-52(49,50)51)16-9-11-31-23-32(25-45(27-34-12-1-5-17-40-34)28-35-13-2-6-18-41-35)39(48)33(24-31)26-46(29-36-14-3-7-19-42-36)30-37-15-4-8-20-43-37/h1-8,12-15,17-20,23-24,48-51H,9-11,16,21-22,25-30H2,(H,44,47)/p-1. The molecule has 0 spiro atoms. The zero-order chi connectivity index (χ0) is 36.6. The molecule has 0 aliphatic carbocycles. The number of benzene rings is 1. The molecule has 5 aromatic rings. The molecule has 0 aliphatic heterocycles. The first-order valence-corrected chi connectivity index (χ1v) is 19.5. The molecule has 0 unspecified atom stereocenters. The molecule has 0 atom stereocenters. The fourth-order valence-electron chi connectivity index (χ4n) is 5.96. The van der Waals surface area contributed by atoms with Gasteiger partial charge in [-0.3, -0.25) is 29.7 Å². The molecule has 1 aromatic carbocycles. The normalized spacial score (nSPS) is 12.1. The molecule has 0 saturated carbocycles. The van der Waals surface area contributed by atoms with E-state index in [1.54, 1.807) is 24.8 Å². The van der Waals surface area contributed by atoms with E-state index in [1.807, 2.05) is 84.9 Å². The molecule has 52 heavy (non-hydrogen) atoms. The largest absolute Gasteiger partial charge is 0.862 e. The molecular formula is C39H46N7O5Si-. The number of rotatable bonds is 20. The summed E-state index contributed by atoms with van der Waals surface area (Å²) in [6.45, 7) is 3.18. The summed E-state index contributed by atoms with van der Waals surface area (Å²) in [5.41, 5.74) is 6.11. The lowest BCUT2D eigenvalue weighted by Gasteiger charge is -2.26. The van der Waals surface area contributed by atoms with Gasteiger partial charge in [0.15, 0.2) is 0 Å². The van der Waals surface area contributed by atoms with Crippen LogP contribution in [0, 0.1) is 0 Å². The van der Waals surface area contributed by atoms with Gasteiger partial charge < -0.3 is 29.6 Å². The van der Waals surface area contributed by atoms with Crippen LogP contribution in [-0.4, -0.2) is 70.5 Å². The highest BCUT2D eigenvalue weighted by molar-refractivity contribution is 6.56. The second kappa shape index (κ2) is 19.6. The molecule has 12 nitrogen and oxygen atoms in total. The topological polar surface area (TPSA) is 174 Å². The van der Waals surface area contributed by atoms with Gasteiger partial charge in [-0.05, 0) is 85.7 Å². The molecule has 0 bridgehead atoms. The highest BCUT2D eigenvalue weighted by Gasteiger charge is 2.25. The van der Waals surface area contributed by atoms with Crippen molar-refractivity contribution < 1.29 is 24.6 Å². The van der Waals surface area contributed by atoms with Gasteiger partial charge in [0, 0.05) is 87.8 Å². The molecule has 0 amide bonds. The van der Waals surface area contributed by atoms with Crippen molar-refractivity contribution >= 4 is 14.7 Å². The van der Waals surface area contributed by atoms with Gasteiger partial charge in [-0.1, -0.05) is 36.4 Å². The number of phenolic OH excluding ortho intramolecular Hbond substituents is 1. The fraction of sp³-hybridized carbons (Fsp3) is 0.308. The Morgan fingerprint density at radius 1 is 0.615 bits per heavy atom. The summed E-state index contributed by atoms with van der Waals surface area (Å²) in [6, 6.07) is 27.2. The first-order chi connectivity index (χ1) is 25.2. The summed E-state index contributed by atoms with van der Waals surface area (Å²) < 4.78 is 0. The van der Waals surface area contributed by atoms with Crippen LogP contribution >= 0.6 is 0 Å². The zero-order valence-corrected chi connectivity index (χ0v) is 30.2. The van der Waals surface area contributed by atoms with Gasteiger partial charge in [0.2, 0.25) is 0 Å². The van der Waals surface area contributed by atoms with Crippen LogP contribution in [0.3, 0.4) is 0 Å². The SMILES string of the molecule is [O-]C(CCCc1cc(CN(Cc2ccccn2)Cc2ccccn2)c(O)c(CN(Cc2ccccn2)Cc2ccccn2)c1)=NCCC[Si](O)(O)O. The van der Waals surface area contributed by atoms with Gasteiger partial charge in [0.25, 0.3) is 0 Å². The van der Waals surface area contributed by atoms with Crippen LogP contribution in [0.1, 0.15) is 58.7 Å². The van der Waals surface area contributed by atoms with Gasteiger partial charge in [0.1, 0.15) is 5.75 Å². The Morgan fingerprint density at radius 2 is 1.04 bits per heavy atom. The van der Waals surface area contributed by atoms with Gasteiger partial charge in [-0.2, -0.15) is 0 Å². The quantitative estimate of drug-likeness (QED) is 0.0399. The predicted molar refractivity (Wildman–Crippen MR) is 198 cm³/mol. The van der Waals surface area contributed by atoms with Crippen LogP contribution in [0.25, 0.3) is 0 Å². The number of aliphatic imine (C=N–C) groups is 1. The van der Waals surface area contributed by atoms with E-state index in [-0.39, 0.29) is 37.1 Å². The van der Waals surface area contributed by atoms with Gasteiger partial charge in [0.05, 0.1) is 22.8 Å². The molecule has 0 aliphatic rings. The Hall–Kier alpha value is -4.89. The number of aromatic hydroxyl groups is 1. The minimum Gasteiger partial charge on any atom is -0.862 e. The number of aromatic nitrogens is 4. The van der Waals surface area contributed by atoms with Crippen LogP contribution < -0.4 is 5.11 Å². The van der Waals surface area contributed by atoms with Gasteiger partial charge in [-0.15, -0.1) is 0 Å². The molecule has 272 valence electrons. The number of nitrogens with zero attached hydrogens (tertiary/aromatic N) is 7. The highest BCUT2D eigenvalue weighted by atomic mass is 28.4. The molecule has 0 saturated heterocycles. The summed E-state index contributed by atoms with van der Waals surface area (Å²) in [6.07, 6.45) is 8.68. The lowest BCUT2D eigenvalue weighted by atomic mass is 9.99. The van der Waals surface area contributed by atoms with Crippen molar-refractivity contribution in [2.24, 2.45) is 4.99 Å². The monoisotopic (exact) mass is 720 g/mol. The number of phenols is 1. The summed E-state index contributed by atoms with van der Waals surface area (Å²) in [7, 11) is -4.14. The van der Waals surface area contributed by atoms with E-state index < -0.39 is 8.80 Å². The molecule has 4 N–H and O–H groups in total. The van der Waals surface area contributed by atoms with Crippen molar-refractivity contribution in [1.82, 2.24) is 29.7 Å². The summed E-state index contributed by atoms with van der Waals surface area (Å²) in [5.74, 6) is -0.0562. The van der Waals surface area contributed by atoms with E-state index in [0.717, 1.165) is 39.5 Å². The number of hydrogen-bond donors (Lipinski definition) is 4. The molecule has 0 fully saturated rings. The maximum atomic E-state index is 12.5. The van der Waals surface area contributed by atoms with Crippen molar-refractivity contribution in [2.75, 3.05) is 6.54 Å². The molecular weight excluding hydrogens is 675 g/mol. The number of hydrogen-bond acceptors (Lipinski definition) is 12. The first-order valence-electron chi connectivity index (χ1n) is 17.5. The maximum absolute atomic E-state index is 12.5. The Bertz CT molecular complexity index is 1620. The molecule has 4 aromatic heterocycles. The Morgan fingerprint density at radius 3 is 1.40 bits per heavy atom. The number of pyridine rings is 4. The van der Waals surface area contributed by atoms with E-state index in [2.05, 4.69) is 34.7 Å². The van der Waals surface area contributed by atoms with Crippen LogP contribution in [0.5, 0.6) is 5.75 Å². The minimum absolute atomic E-state index is 0.132. The van der Waals surface area contributed by atoms with Crippen molar-refractivity contribution in [1.29, 1.82) is 0 Å². The lowest BCUT2D eigenvalue weighted by molar-refractivity contribution is -0.219. The molecule has 5 rings (SSSR count). The van der Waals surface area contributed by atoms with Crippen molar-refractivity contribution in [3.8, 4) is 5.75 Å². The highest BCUT2D eigenvalue weighted by Crippen LogP contribution is 2.30. The summed E-state index contributed by atoms with van der Waals surface area (Å²) in [5, 5.41) is 24.4. The van der Waals surface area contributed by atoms with Crippen molar-refractivity contribution in [2.45, 2.75) is 71.0 Å². The van der Waals surface area contributed by atoms with Gasteiger partial charge in [-0.25, -0.2) is 0 Å². The van der Waals surface area contributed by atoms with Crippen molar-refractivity contribution in [3.05, 3.63) is 149 Å². The maximum Gasteiger partial charge on any atom is 0.492 e. The Balaban J connectivity index is 1.41. The summed E-state index contributed by atoms with van der Waals surface area (Å²) >= 11 is 0. The van der Waals surface area contributed by atoms with E-state index in [1.165, 1.54) is 0 Å².